The number of hydrogen-bond acceptors (Lipinski definition) is 2. The number of hydrogen-bond donors (Lipinski definition) is 1. The molecule has 0 aliphatic carbocycles. The molecule has 76 valence electrons. The second-order valence-corrected chi connectivity index (χ2v) is 3.44. The molecule has 1 heterocycles. The molecule has 1 aromatic heterocycles. The molecule has 0 saturated carbocycles. The van der Waals surface area contributed by atoms with Crippen LogP contribution < -0.4 is 0 Å². The van der Waals surface area contributed by atoms with Crippen LogP contribution in [0.25, 0.3) is 11.1 Å². The van der Waals surface area contributed by atoms with Gasteiger partial charge >= 0.3 is 0 Å². The maximum Gasteiger partial charge on any atom is 0.116 e. The third-order valence-corrected chi connectivity index (χ3v) is 2.36. The Morgan fingerprint density at radius 3 is 2.67 bits per heavy atom. The van der Waals surface area contributed by atoms with Crippen LogP contribution in [0.15, 0.2) is 42.6 Å². The van der Waals surface area contributed by atoms with Crippen LogP contribution in [0, 0.1) is 0 Å². The fourth-order valence-corrected chi connectivity index (χ4v) is 1.54. The van der Waals surface area contributed by atoms with E-state index in [0.29, 0.717) is 5.75 Å². The van der Waals surface area contributed by atoms with Gasteiger partial charge in [-0.2, -0.15) is 0 Å². The van der Waals surface area contributed by atoms with Crippen molar-refractivity contribution in [3.8, 4) is 16.9 Å². The number of pyridine rings is 1. The first-order valence-corrected chi connectivity index (χ1v) is 5.04. The van der Waals surface area contributed by atoms with Gasteiger partial charge in [-0.15, -0.1) is 0 Å². The molecule has 2 aromatic rings. The Balaban J connectivity index is 2.44. The average Bonchev–Trinajstić information content (AvgIpc) is 2.29. The van der Waals surface area contributed by atoms with Crippen molar-refractivity contribution in [1.29, 1.82) is 0 Å². The Morgan fingerprint density at radius 2 is 1.93 bits per heavy atom. The Bertz CT molecular complexity index is 466. The summed E-state index contributed by atoms with van der Waals surface area (Å²) in [6, 6.07) is 11.3. The lowest BCUT2D eigenvalue weighted by Gasteiger charge is -2.03. The van der Waals surface area contributed by atoms with Gasteiger partial charge in [0.05, 0.1) is 0 Å². The number of benzene rings is 1. The van der Waals surface area contributed by atoms with E-state index in [4.69, 9.17) is 0 Å². The van der Waals surface area contributed by atoms with E-state index in [-0.39, 0.29) is 0 Å². The summed E-state index contributed by atoms with van der Waals surface area (Å²) in [5.74, 6) is 0.294. The third kappa shape index (κ3) is 2.15. The van der Waals surface area contributed by atoms with Gasteiger partial charge in [0.1, 0.15) is 5.75 Å². The van der Waals surface area contributed by atoms with Gasteiger partial charge < -0.3 is 5.11 Å². The minimum atomic E-state index is 0.294. The van der Waals surface area contributed by atoms with Gasteiger partial charge in [-0.25, -0.2) is 0 Å². The molecule has 1 N–H and O–H groups in total. The molecule has 0 unspecified atom stereocenters. The van der Waals surface area contributed by atoms with Gasteiger partial charge in [-0.3, -0.25) is 4.98 Å². The van der Waals surface area contributed by atoms with Crippen LogP contribution in [0.5, 0.6) is 5.75 Å². The lowest BCUT2D eigenvalue weighted by Crippen LogP contribution is -1.87. The van der Waals surface area contributed by atoms with E-state index in [1.807, 2.05) is 18.2 Å². The maximum absolute atomic E-state index is 9.39. The summed E-state index contributed by atoms with van der Waals surface area (Å²) in [6.45, 7) is 2.08. The topological polar surface area (TPSA) is 33.1 Å². The van der Waals surface area contributed by atoms with Crippen LogP contribution >= 0.6 is 0 Å². The summed E-state index contributed by atoms with van der Waals surface area (Å²) < 4.78 is 0. The SMILES string of the molecule is CCc1cc(-c2cccc(O)c2)ccn1. The average molecular weight is 199 g/mol. The molecule has 0 aliphatic rings. The van der Waals surface area contributed by atoms with Crippen molar-refractivity contribution in [3.63, 3.8) is 0 Å². The second-order valence-electron chi connectivity index (χ2n) is 3.44. The quantitative estimate of drug-likeness (QED) is 0.806. The van der Waals surface area contributed by atoms with Gasteiger partial charge in [-0.1, -0.05) is 19.1 Å². The Morgan fingerprint density at radius 1 is 1.13 bits per heavy atom. The van der Waals surface area contributed by atoms with E-state index in [2.05, 4.69) is 18.0 Å². The Labute approximate surface area is 89.2 Å². The van der Waals surface area contributed by atoms with E-state index < -0.39 is 0 Å². The fourth-order valence-electron chi connectivity index (χ4n) is 1.54. The van der Waals surface area contributed by atoms with Crippen LogP contribution in [0.3, 0.4) is 0 Å². The van der Waals surface area contributed by atoms with Crippen LogP contribution in [0.1, 0.15) is 12.6 Å². The number of phenolic OH excluding ortho intramolecular Hbond substituents is 1. The summed E-state index contributed by atoms with van der Waals surface area (Å²) in [6.07, 6.45) is 2.73. The van der Waals surface area contributed by atoms with Crippen molar-refractivity contribution in [1.82, 2.24) is 4.98 Å². The highest BCUT2D eigenvalue weighted by Crippen LogP contribution is 2.23. The standard InChI is InChI=1S/C13H13NO/c1-2-12-8-11(6-7-14-12)10-4-3-5-13(15)9-10/h3-9,15H,2H2,1H3. The van der Waals surface area contributed by atoms with Crippen LogP contribution in [-0.4, -0.2) is 10.1 Å². The van der Waals surface area contributed by atoms with Gasteiger partial charge in [-0.05, 0) is 41.8 Å². The van der Waals surface area contributed by atoms with E-state index >= 15 is 0 Å². The lowest BCUT2D eigenvalue weighted by atomic mass is 10.1. The molecular formula is C13H13NO. The number of aromatic nitrogens is 1. The minimum Gasteiger partial charge on any atom is -0.508 e. The summed E-state index contributed by atoms with van der Waals surface area (Å²) in [5, 5.41) is 9.39. The highest BCUT2D eigenvalue weighted by molar-refractivity contribution is 5.64. The smallest absolute Gasteiger partial charge is 0.116 e. The first-order chi connectivity index (χ1) is 7.29. The van der Waals surface area contributed by atoms with Crippen LogP contribution in [0.4, 0.5) is 0 Å². The molecule has 1 aromatic carbocycles. The molecule has 0 fully saturated rings. The molecule has 0 aliphatic heterocycles. The molecular weight excluding hydrogens is 186 g/mol. The predicted octanol–water partition coefficient (Wildman–Crippen LogP) is 3.02. The Hall–Kier alpha value is -1.83. The molecule has 0 saturated heterocycles. The van der Waals surface area contributed by atoms with Crippen molar-refractivity contribution >= 4 is 0 Å². The van der Waals surface area contributed by atoms with Crippen molar-refractivity contribution < 1.29 is 5.11 Å². The zero-order chi connectivity index (χ0) is 10.7. The largest absolute Gasteiger partial charge is 0.508 e. The van der Waals surface area contributed by atoms with Gasteiger partial charge in [0.15, 0.2) is 0 Å². The number of aryl methyl sites for hydroxylation is 1. The zero-order valence-electron chi connectivity index (χ0n) is 8.64. The number of nitrogens with zero attached hydrogens (tertiary/aromatic N) is 1. The number of rotatable bonds is 2. The van der Waals surface area contributed by atoms with Crippen molar-refractivity contribution in [2.75, 3.05) is 0 Å². The number of aromatic hydroxyl groups is 1. The Kier molecular flexibility index (Phi) is 2.68. The monoisotopic (exact) mass is 199 g/mol. The lowest BCUT2D eigenvalue weighted by molar-refractivity contribution is 0.475. The molecule has 2 heteroatoms. The molecule has 0 radical (unpaired) electrons. The molecule has 0 bridgehead atoms. The predicted molar refractivity (Wildman–Crippen MR) is 60.7 cm³/mol. The summed E-state index contributed by atoms with van der Waals surface area (Å²) in [5.41, 5.74) is 3.18. The normalized spacial score (nSPS) is 10.2. The number of phenols is 1. The van der Waals surface area contributed by atoms with Crippen LogP contribution in [-0.2, 0) is 6.42 Å². The van der Waals surface area contributed by atoms with Crippen LogP contribution in [0.2, 0.25) is 0 Å². The van der Waals surface area contributed by atoms with E-state index in [1.54, 1.807) is 18.3 Å². The highest BCUT2D eigenvalue weighted by Gasteiger charge is 1.99. The molecule has 15 heavy (non-hydrogen) atoms. The third-order valence-electron chi connectivity index (χ3n) is 2.36. The first kappa shape index (κ1) is 9.71. The van der Waals surface area contributed by atoms with Gasteiger partial charge in [0.2, 0.25) is 0 Å². The maximum atomic E-state index is 9.39. The highest BCUT2D eigenvalue weighted by atomic mass is 16.3. The van der Waals surface area contributed by atoms with Gasteiger partial charge in [0, 0.05) is 11.9 Å². The van der Waals surface area contributed by atoms with E-state index in [1.165, 1.54) is 0 Å². The summed E-state index contributed by atoms with van der Waals surface area (Å²) in [4.78, 5) is 4.24. The molecule has 0 amide bonds. The van der Waals surface area contributed by atoms with Gasteiger partial charge in [0.25, 0.3) is 0 Å². The van der Waals surface area contributed by atoms with E-state index in [0.717, 1.165) is 23.2 Å². The van der Waals surface area contributed by atoms with Crippen molar-refractivity contribution in [2.24, 2.45) is 0 Å². The molecule has 0 atom stereocenters. The van der Waals surface area contributed by atoms with Crippen molar-refractivity contribution in [2.45, 2.75) is 13.3 Å². The minimum absolute atomic E-state index is 0.294. The summed E-state index contributed by atoms with van der Waals surface area (Å²) in [7, 11) is 0. The molecule has 2 rings (SSSR count). The summed E-state index contributed by atoms with van der Waals surface area (Å²) >= 11 is 0. The molecule has 2 nitrogen and oxygen atoms in total. The fraction of sp³-hybridized carbons (Fsp3) is 0.154. The van der Waals surface area contributed by atoms with Crippen molar-refractivity contribution in [3.05, 3.63) is 48.3 Å². The zero-order valence-corrected chi connectivity index (χ0v) is 8.64. The second kappa shape index (κ2) is 4.13. The molecule has 0 spiro atoms. The first-order valence-electron chi connectivity index (χ1n) is 5.04. The van der Waals surface area contributed by atoms with E-state index in [9.17, 15) is 5.11 Å².